The summed E-state index contributed by atoms with van der Waals surface area (Å²) in [6.45, 7) is 0.134. The average molecular weight is 327 g/mol. The molecule has 2 heterocycles. The summed E-state index contributed by atoms with van der Waals surface area (Å²) >= 11 is 0. The minimum absolute atomic E-state index is 0.00351. The van der Waals surface area contributed by atoms with E-state index in [0.29, 0.717) is 17.3 Å². The molecule has 0 aliphatic carbocycles. The highest BCUT2D eigenvalue weighted by Crippen LogP contribution is 2.13. The lowest BCUT2D eigenvalue weighted by atomic mass is 10.3. The number of rotatable bonds is 6. The predicted octanol–water partition coefficient (Wildman–Crippen LogP) is 2.03. The molecule has 1 amide bonds. The number of pyridine rings is 1. The van der Waals surface area contributed by atoms with Crippen LogP contribution < -0.4 is 10.1 Å². The smallest absolute Gasteiger partial charge is 0.247 e. The molecule has 0 unspecified atom stereocenters. The van der Waals surface area contributed by atoms with Crippen molar-refractivity contribution in [2.24, 2.45) is 0 Å². The minimum Gasteiger partial charge on any atom is -0.487 e. The highest BCUT2D eigenvalue weighted by molar-refractivity contribution is 5.89. The molecule has 2 aromatic heterocycles. The van der Waals surface area contributed by atoms with Gasteiger partial charge >= 0.3 is 0 Å². The number of halogens is 1. The lowest BCUT2D eigenvalue weighted by Crippen LogP contribution is -2.19. The maximum Gasteiger partial charge on any atom is 0.247 e. The van der Waals surface area contributed by atoms with E-state index in [1.54, 1.807) is 42.7 Å². The van der Waals surface area contributed by atoms with Crippen molar-refractivity contribution in [3.8, 4) is 5.75 Å². The molecule has 0 saturated heterocycles. The van der Waals surface area contributed by atoms with Gasteiger partial charge in [0.25, 0.3) is 0 Å². The van der Waals surface area contributed by atoms with E-state index in [0.717, 1.165) is 0 Å². The van der Waals surface area contributed by atoms with Crippen molar-refractivity contribution < 1.29 is 13.9 Å². The van der Waals surface area contributed by atoms with Gasteiger partial charge in [-0.25, -0.2) is 14.1 Å². The summed E-state index contributed by atoms with van der Waals surface area (Å²) in [4.78, 5) is 15.9. The normalized spacial score (nSPS) is 10.4. The van der Waals surface area contributed by atoms with E-state index >= 15 is 0 Å². The maximum atomic E-state index is 13.1. The van der Waals surface area contributed by atoms with E-state index in [9.17, 15) is 9.18 Å². The average Bonchev–Trinajstić information content (AvgIpc) is 3.01. The van der Waals surface area contributed by atoms with Gasteiger partial charge in [0.15, 0.2) is 0 Å². The van der Waals surface area contributed by atoms with Crippen molar-refractivity contribution in [1.82, 2.24) is 20.0 Å². The number of anilines is 1. The highest BCUT2D eigenvalue weighted by atomic mass is 19.1. The summed E-state index contributed by atoms with van der Waals surface area (Å²) in [6.07, 6.45) is 3.18. The molecule has 0 fully saturated rings. The number of ether oxygens (including phenoxy) is 1. The first kappa shape index (κ1) is 15.6. The number of benzene rings is 1. The largest absolute Gasteiger partial charge is 0.487 e. The number of carbonyl (C=O) groups excluding carboxylic acids is 1. The molecule has 0 aliphatic rings. The van der Waals surface area contributed by atoms with Crippen LogP contribution in [0.3, 0.4) is 0 Å². The fourth-order valence-electron chi connectivity index (χ4n) is 1.96. The van der Waals surface area contributed by atoms with Crippen LogP contribution in [0.4, 0.5) is 10.2 Å². The van der Waals surface area contributed by atoms with E-state index in [4.69, 9.17) is 4.74 Å². The third-order valence-electron chi connectivity index (χ3n) is 3.01. The molecule has 0 atom stereocenters. The molecule has 7 nitrogen and oxygen atoms in total. The second-order valence-corrected chi connectivity index (χ2v) is 4.92. The lowest BCUT2D eigenvalue weighted by molar-refractivity contribution is -0.116. The van der Waals surface area contributed by atoms with E-state index in [2.05, 4.69) is 20.6 Å². The van der Waals surface area contributed by atoms with Crippen molar-refractivity contribution in [3.05, 3.63) is 66.4 Å². The Hall–Kier alpha value is -3.29. The van der Waals surface area contributed by atoms with Crippen LogP contribution in [-0.4, -0.2) is 25.9 Å². The number of nitrogens with one attached hydrogen (secondary N) is 1. The van der Waals surface area contributed by atoms with Gasteiger partial charge < -0.3 is 10.1 Å². The van der Waals surface area contributed by atoms with Gasteiger partial charge in [-0.05, 0) is 24.3 Å². The lowest BCUT2D eigenvalue weighted by Gasteiger charge is -2.04. The number of aromatic nitrogens is 4. The van der Waals surface area contributed by atoms with Crippen LogP contribution in [-0.2, 0) is 17.9 Å². The van der Waals surface area contributed by atoms with Gasteiger partial charge in [-0.1, -0.05) is 17.3 Å². The number of nitrogens with zero attached hydrogens (tertiary/aromatic N) is 4. The van der Waals surface area contributed by atoms with Crippen LogP contribution in [0.25, 0.3) is 0 Å². The van der Waals surface area contributed by atoms with E-state index in [1.165, 1.54) is 16.8 Å². The Labute approximate surface area is 137 Å². The SMILES string of the molecule is O=C(Cn1cc(COc2cccc(F)c2)nn1)Nc1ccccn1. The first-order valence-corrected chi connectivity index (χ1v) is 7.17. The number of amides is 1. The first-order valence-electron chi connectivity index (χ1n) is 7.17. The van der Waals surface area contributed by atoms with Gasteiger partial charge in [0.2, 0.25) is 5.91 Å². The molecule has 0 saturated carbocycles. The Morgan fingerprint density at radius 3 is 2.96 bits per heavy atom. The standard InChI is InChI=1S/C16H14FN5O2/c17-12-4-3-5-14(8-12)24-11-13-9-22(21-20-13)10-16(23)19-15-6-1-2-7-18-15/h1-9H,10-11H2,(H,18,19,23). The van der Waals surface area contributed by atoms with Crippen LogP contribution in [0.5, 0.6) is 5.75 Å². The number of carbonyl (C=O) groups is 1. The van der Waals surface area contributed by atoms with E-state index < -0.39 is 0 Å². The molecule has 0 radical (unpaired) electrons. The van der Waals surface area contributed by atoms with Gasteiger partial charge in [0.1, 0.15) is 36.2 Å². The fraction of sp³-hybridized carbons (Fsp3) is 0.125. The summed E-state index contributed by atoms with van der Waals surface area (Å²) in [5.74, 6) is 0.230. The second-order valence-electron chi connectivity index (χ2n) is 4.92. The third kappa shape index (κ3) is 4.35. The van der Waals surface area contributed by atoms with Crippen molar-refractivity contribution in [2.75, 3.05) is 5.32 Å². The molecule has 3 aromatic rings. The molecular weight excluding hydrogens is 313 g/mol. The van der Waals surface area contributed by atoms with Gasteiger partial charge in [0.05, 0.1) is 6.20 Å². The summed E-state index contributed by atoms with van der Waals surface area (Å²) in [5.41, 5.74) is 0.532. The fourth-order valence-corrected chi connectivity index (χ4v) is 1.96. The van der Waals surface area contributed by atoms with Crippen molar-refractivity contribution in [3.63, 3.8) is 0 Å². The second kappa shape index (κ2) is 7.32. The number of hydrogen-bond acceptors (Lipinski definition) is 5. The Morgan fingerprint density at radius 2 is 2.17 bits per heavy atom. The van der Waals surface area contributed by atoms with Gasteiger partial charge in [-0.15, -0.1) is 5.10 Å². The highest BCUT2D eigenvalue weighted by Gasteiger charge is 2.08. The van der Waals surface area contributed by atoms with Crippen LogP contribution in [0.2, 0.25) is 0 Å². The molecule has 24 heavy (non-hydrogen) atoms. The third-order valence-corrected chi connectivity index (χ3v) is 3.01. The summed E-state index contributed by atoms with van der Waals surface area (Å²) < 4.78 is 19.9. The minimum atomic E-state index is -0.373. The van der Waals surface area contributed by atoms with E-state index in [-0.39, 0.29) is 24.9 Å². The molecule has 1 N–H and O–H groups in total. The zero-order chi connectivity index (χ0) is 16.8. The molecule has 122 valence electrons. The van der Waals surface area contributed by atoms with Crippen molar-refractivity contribution in [1.29, 1.82) is 0 Å². The van der Waals surface area contributed by atoms with Crippen LogP contribution in [0.15, 0.2) is 54.9 Å². The van der Waals surface area contributed by atoms with Crippen LogP contribution in [0, 0.1) is 5.82 Å². The summed E-state index contributed by atoms with van der Waals surface area (Å²) in [5, 5.41) is 10.4. The van der Waals surface area contributed by atoms with Crippen molar-refractivity contribution >= 4 is 11.7 Å². The Kier molecular flexibility index (Phi) is 4.76. The summed E-state index contributed by atoms with van der Waals surface area (Å²) in [6, 6.07) is 11.1. The molecular formula is C16H14FN5O2. The Bertz CT molecular complexity index is 822. The monoisotopic (exact) mass is 327 g/mol. The van der Waals surface area contributed by atoms with Crippen LogP contribution >= 0.6 is 0 Å². The zero-order valence-corrected chi connectivity index (χ0v) is 12.6. The first-order chi connectivity index (χ1) is 11.7. The topological polar surface area (TPSA) is 81.9 Å². The van der Waals surface area contributed by atoms with Crippen LogP contribution in [0.1, 0.15) is 5.69 Å². The summed E-state index contributed by atoms with van der Waals surface area (Å²) in [7, 11) is 0. The quantitative estimate of drug-likeness (QED) is 0.749. The van der Waals surface area contributed by atoms with Gasteiger partial charge in [-0.2, -0.15) is 0 Å². The Balaban J connectivity index is 1.52. The number of hydrogen-bond donors (Lipinski definition) is 1. The van der Waals surface area contributed by atoms with Gasteiger partial charge in [-0.3, -0.25) is 4.79 Å². The van der Waals surface area contributed by atoms with Gasteiger partial charge in [0, 0.05) is 12.3 Å². The molecule has 0 spiro atoms. The molecule has 8 heteroatoms. The Morgan fingerprint density at radius 1 is 1.25 bits per heavy atom. The predicted molar refractivity (Wildman–Crippen MR) is 83.6 cm³/mol. The maximum absolute atomic E-state index is 13.1. The zero-order valence-electron chi connectivity index (χ0n) is 12.6. The molecule has 1 aromatic carbocycles. The molecule has 3 rings (SSSR count). The van der Waals surface area contributed by atoms with Crippen molar-refractivity contribution in [2.45, 2.75) is 13.2 Å². The molecule has 0 bridgehead atoms. The van der Waals surface area contributed by atoms with E-state index in [1.807, 2.05) is 0 Å². The molecule has 0 aliphatic heterocycles.